The van der Waals surface area contributed by atoms with Crippen LogP contribution in [0.5, 0.6) is 5.75 Å². The molecule has 0 radical (unpaired) electrons. The van der Waals surface area contributed by atoms with Crippen molar-refractivity contribution >= 4 is 11.8 Å². The van der Waals surface area contributed by atoms with E-state index >= 15 is 0 Å². The average molecular weight is 316 g/mol. The van der Waals surface area contributed by atoms with Crippen LogP contribution in [0.4, 0.5) is 0 Å². The van der Waals surface area contributed by atoms with Crippen LogP contribution in [0, 0.1) is 5.92 Å². The number of amides is 2. The number of carbonyl (C=O) groups is 2. The number of carbonyl (C=O) groups excluding carboxylic acids is 2. The van der Waals surface area contributed by atoms with Crippen molar-refractivity contribution in [3.05, 3.63) is 29.8 Å². The second kappa shape index (κ2) is 6.60. The highest BCUT2D eigenvalue weighted by Crippen LogP contribution is 2.26. The zero-order valence-corrected chi connectivity index (χ0v) is 13.8. The monoisotopic (exact) mass is 316 g/mol. The van der Waals surface area contributed by atoms with E-state index in [1.807, 2.05) is 30.0 Å². The molecule has 2 saturated heterocycles. The normalized spacial score (nSPS) is 21.5. The lowest BCUT2D eigenvalue weighted by Crippen LogP contribution is -2.57. The Morgan fingerprint density at radius 2 is 1.96 bits per heavy atom. The maximum atomic E-state index is 12.4. The molecular formula is C18H24N2O3. The Kier molecular flexibility index (Phi) is 4.55. The summed E-state index contributed by atoms with van der Waals surface area (Å²) < 4.78 is 6.01. The van der Waals surface area contributed by atoms with Gasteiger partial charge in [0.25, 0.3) is 0 Å². The van der Waals surface area contributed by atoms with Crippen molar-refractivity contribution < 1.29 is 14.3 Å². The van der Waals surface area contributed by atoms with Gasteiger partial charge in [-0.05, 0) is 25.0 Å². The van der Waals surface area contributed by atoms with E-state index in [2.05, 4.69) is 13.0 Å². The number of para-hydroxylation sites is 1. The van der Waals surface area contributed by atoms with Crippen LogP contribution >= 0.6 is 0 Å². The molecule has 23 heavy (non-hydrogen) atoms. The number of hydrogen-bond donors (Lipinski definition) is 0. The van der Waals surface area contributed by atoms with Crippen molar-refractivity contribution in [2.24, 2.45) is 5.92 Å². The first-order valence-corrected chi connectivity index (χ1v) is 8.43. The third-order valence-electron chi connectivity index (χ3n) is 4.75. The summed E-state index contributed by atoms with van der Waals surface area (Å²) in [5.41, 5.74) is 1.19. The van der Waals surface area contributed by atoms with E-state index in [1.54, 1.807) is 4.90 Å². The number of likely N-dealkylation sites (tertiary alicyclic amines) is 2. The number of nitrogens with zero attached hydrogens (tertiary/aromatic N) is 2. The summed E-state index contributed by atoms with van der Waals surface area (Å²) in [5, 5.41) is 0. The van der Waals surface area contributed by atoms with Crippen LogP contribution in [0.3, 0.4) is 0 Å². The zero-order chi connectivity index (χ0) is 16.4. The first-order chi connectivity index (χ1) is 11.1. The molecule has 1 aromatic carbocycles. The van der Waals surface area contributed by atoms with Gasteiger partial charge in [-0.25, -0.2) is 0 Å². The predicted octanol–water partition coefficient (Wildman–Crippen LogP) is 1.71. The Bertz CT molecular complexity index is 596. The number of benzene rings is 1. The minimum Gasteiger partial charge on any atom is -0.486 e. The van der Waals surface area contributed by atoms with E-state index in [0.717, 1.165) is 12.2 Å². The fraction of sp³-hybridized carbons (Fsp3) is 0.556. The van der Waals surface area contributed by atoms with Gasteiger partial charge in [0.05, 0.1) is 19.0 Å². The third kappa shape index (κ3) is 3.19. The number of rotatable bonds is 5. The van der Waals surface area contributed by atoms with Crippen molar-refractivity contribution in [3.8, 4) is 5.75 Å². The molecule has 2 fully saturated rings. The van der Waals surface area contributed by atoms with Crippen LogP contribution in [0.2, 0.25) is 0 Å². The Morgan fingerprint density at radius 1 is 1.22 bits per heavy atom. The van der Waals surface area contributed by atoms with Gasteiger partial charge in [-0.3, -0.25) is 9.59 Å². The molecule has 3 rings (SSSR count). The van der Waals surface area contributed by atoms with Gasteiger partial charge < -0.3 is 14.5 Å². The predicted molar refractivity (Wildman–Crippen MR) is 87.2 cm³/mol. The van der Waals surface area contributed by atoms with E-state index < -0.39 is 0 Å². The molecule has 1 aromatic rings. The molecule has 2 amide bonds. The van der Waals surface area contributed by atoms with Gasteiger partial charge in [-0.1, -0.05) is 25.1 Å². The molecular weight excluding hydrogens is 292 g/mol. The summed E-state index contributed by atoms with van der Waals surface area (Å²) in [4.78, 5) is 27.8. The van der Waals surface area contributed by atoms with Crippen LogP contribution in [0.25, 0.3) is 0 Å². The number of ether oxygens (including phenoxy) is 1. The topological polar surface area (TPSA) is 49.9 Å². The molecule has 0 N–H and O–H groups in total. The summed E-state index contributed by atoms with van der Waals surface area (Å²) in [7, 11) is 0. The lowest BCUT2D eigenvalue weighted by Gasteiger charge is -2.40. The lowest BCUT2D eigenvalue weighted by molar-refractivity contribution is -0.144. The van der Waals surface area contributed by atoms with E-state index in [4.69, 9.17) is 4.74 Å². The highest BCUT2D eigenvalue weighted by atomic mass is 16.5. The summed E-state index contributed by atoms with van der Waals surface area (Å²) in [6.07, 6.45) is 1.35. The Hall–Kier alpha value is -2.04. The first-order valence-electron chi connectivity index (χ1n) is 8.43. The highest BCUT2D eigenvalue weighted by molar-refractivity contribution is 5.89. The van der Waals surface area contributed by atoms with Crippen molar-refractivity contribution in [2.75, 3.05) is 26.2 Å². The van der Waals surface area contributed by atoms with Gasteiger partial charge in [0.1, 0.15) is 11.9 Å². The second-order valence-corrected chi connectivity index (χ2v) is 6.28. The second-order valence-electron chi connectivity index (χ2n) is 6.28. The molecule has 0 unspecified atom stereocenters. The Morgan fingerprint density at radius 3 is 2.61 bits per heavy atom. The summed E-state index contributed by atoms with van der Waals surface area (Å²) in [5.74, 6) is 0.931. The zero-order valence-electron chi connectivity index (χ0n) is 13.8. The van der Waals surface area contributed by atoms with Crippen LogP contribution in [-0.4, -0.2) is 53.9 Å². The van der Waals surface area contributed by atoms with E-state index in [1.165, 1.54) is 5.56 Å². The molecule has 5 heteroatoms. The smallest absolute Gasteiger partial charge is 0.228 e. The summed E-state index contributed by atoms with van der Waals surface area (Å²) in [6, 6.07) is 8.04. The fourth-order valence-corrected chi connectivity index (χ4v) is 3.28. The summed E-state index contributed by atoms with van der Waals surface area (Å²) in [6.45, 7) is 6.54. The largest absolute Gasteiger partial charge is 0.486 e. The minimum atomic E-state index is -0.175. The molecule has 2 aliphatic rings. The van der Waals surface area contributed by atoms with Gasteiger partial charge in [0.15, 0.2) is 0 Å². The number of hydrogen-bond acceptors (Lipinski definition) is 3. The quantitative estimate of drug-likeness (QED) is 0.831. The van der Waals surface area contributed by atoms with Crippen molar-refractivity contribution in [1.82, 2.24) is 9.80 Å². The molecule has 0 aliphatic carbocycles. The van der Waals surface area contributed by atoms with Gasteiger partial charge in [0.2, 0.25) is 11.8 Å². The minimum absolute atomic E-state index is 0.0611. The maximum Gasteiger partial charge on any atom is 0.228 e. The molecule has 0 saturated carbocycles. The molecule has 0 bridgehead atoms. The van der Waals surface area contributed by atoms with Crippen LogP contribution in [0.1, 0.15) is 25.8 Å². The highest BCUT2D eigenvalue weighted by Gasteiger charge is 2.40. The first kappa shape index (κ1) is 15.8. The van der Waals surface area contributed by atoms with Crippen LogP contribution < -0.4 is 4.74 Å². The summed E-state index contributed by atoms with van der Waals surface area (Å²) >= 11 is 0. The maximum absolute atomic E-state index is 12.4. The lowest BCUT2D eigenvalue weighted by atomic mass is 10.0. The van der Waals surface area contributed by atoms with E-state index in [0.29, 0.717) is 32.6 Å². The molecule has 0 spiro atoms. The number of aryl methyl sites for hydroxylation is 1. The standard InChI is InChI=1S/C18H24N2O3/c1-3-13-7-5-6-8-16(13)23-15-11-20(12-15)18(22)14-9-17(21)19(4-2)10-14/h5-8,14-15H,3-4,9-12H2,1-2H3/t14-/m0/s1. The van der Waals surface area contributed by atoms with E-state index in [-0.39, 0.29) is 23.8 Å². The molecule has 1 atom stereocenters. The van der Waals surface area contributed by atoms with Crippen molar-refractivity contribution in [2.45, 2.75) is 32.8 Å². The SMILES string of the molecule is CCc1ccccc1OC1CN(C(=O)[C@H]2CC(=O)N(CC)C2)C1. The third-order valence-corrected chi connectivity index (χ3v) is 4.75. The van der Waals surface area contributed by atoms with Gasteiger partial charge in [-0.2, -0.15) is 0 Å². The Balaban J connectivity index is 1.51. The van der Waals surface area contributed by atoms with Crippen LogP contribution in [-0.2, 0) is 16.0 Å². The van der Waals surface area contributed by atoms with Crippen molar-refractivity contribution in [1.29, 1.82) is 0 Å². The van der Waals surface area contributed by atoms with Gasteiger partial charge in [0, 0.05) is 19.5 Å². The fourth-order valence-electron chi connectivity index (χ4n) is 3.28. The average Bonchev–Trinajstić information content (AvgIpc) is 2.91. The van der Waals surface area contributed by atoms with Gasteiger partial charge >= 0.3 is 0 Å². The van der Waals surface area contributed by atoms with Crippen molar-refractivity contribution in [3.63, 3.8) is 0 Å². The van der Waals surface area contributed by atoms with Gasteiger partial charge in [-0.15, -0.1) is 0 Å². The van der Waals surface area contributed by atoms with E-state index in [9.17, 15) is 9.59 Å². The molecule has 2 heterocycles. The van der Waals surface area contributed by atoms with Crippen LogP contribution in [0.15, 0.2) is 24.3 Å². The molecule has 124 valence electrons. The molecule has 0 aromatic heterocycles. The molecule has 5 nitrogen and oxygen atoms in total. The molecule has 2 aliphatic heterocycles. The Labute approximate surface area is 137 Å².